The SMILES string of the molecule is N#Cc1ccncc1NCc1cc2c(s1)CCC2. The highest BCUT2D eigenvalue weighted by molar-refractivity contribution is 7.12. The molecule has 0 fully saturated rings. The van der Waals surface area contributed by atoms with Crippen LogP contribution in [0, 0.1) is 11.3 Å². The van der Waals surface area contributed by atoms with E-state index in [0.29, 0.717) is 5.56 Å². The third-order valence-electron chi connectivity index (χ3n) is 3.19. The van der Waals surface area contributed by atoms with Crippen LogP contribution in [-0.2, 0) is 19.4 Å². The highest BCUT2D eigenvalue weighted by Crippen LogP contribution is 2.31. The lowest BCUT2D eigenvalue weighted by atomic mass is 10.2. The molecule has 0 spiro atoms. The van der Waals surface area contributed by atoms with Crippen LogP contribution in [0.2, 0.25) is 0 Å². The Hall–Kier alpha value is -1.86. The van der Waals surface area contributed by atoms with Crippen molar-refractivity contribution in [2.24, 2.45) is 0 Å². The molecule has 2 heterocycles. The van der Waals surface area contributed by atoms with Crippen molar-refractivity contribution in [1.29, 1.82) is 5.26 Å². The Bertz CT molecular complexity index is 588. The van der Waals surface area contributed by atoms with Crippen LogP contribution in [0.5, 0.6) is 0 Å². The molecule has 1 aliphatic rings. The second kappa shape index (κ2) is 4.79. The van der Waals surface area contributed by atoms with Crippen molar-refractivity contribution in [2.75, 3.05) is 5.32 Å². The van der Waals surface area contributed by atoms with E-state index < -0.39 is 0 Å². The molecular formula is C14H13N3S. The minimum atomic E-state index is 0.647. The molecule has 2 aromatic rings. The number of fused-ring (bicyclic) bond motifs is 1. The first kappa shape index (κ1) is 11.2. The van der Waals surface area contributed by atoms with Crippen molar-refractivity contribution in [1.82, 2.24) is 4.98 Å². The van der Waals surface area contributed by atoms with Gasteiger partial charge in [-0.2, -0.15) is 5.26 Å². The normalized spacial score (nSPS) is 13.1. The van der Waals surface area contributed by atoms with Crippen molar-refractivity contribution in [3.05, 3.63) is 45.4 Å². The van der Waals surface area contributed by atoms with Gasteiger partial charge in [0.1, 0.15) is 6.07 Å². The lowest BCUT2D eigenvalue weighted by Crippen LogP contribution is -2.00. The smallest absolute Gasteiger partial charge is 0.101 e. The highest BCUT2D eigenvalue weighted by Gasteiger charge is 2.14. The van der Waals surface area contributed by atoms with E-state index in [4.69, 9.17) is 5.26 Å². The molecule has 0 aliphatic heterocycles. The van der Waals surface area contributed by atoms with E-state index >= 15 is 0 Å². The van der Waals surface area contributed by atoms with Crippen molar-refractivity contribution in [3.63, 3.8) is 0 Å². The predicted octanol–water partition coefficient (Wildman–Crippen LogP) is 3.12. The fourth-order valence-electron chi connectivity index (χ4n) is 2.29. The molecule has 1 aliphatic carbocycles. The number of nitrogens with zero attached hydrogens (tertiary/aromatic N) is 2. The van der Waals surface area contributed by atoms with Crippen LogP contribution < -0.4 is 5.32 Å². The molecule has 0 radical (unpaired) electrons. The molecule has 2 aromatic heterocycles. The zero-order valence-corrected chi connectivity index (χ0v) is 10.8. The standard InChI is InChI=1S/C14H13N3S/c15-7-11-4-5-16-9-13(11)17-8-12-6-10-2-1-3-14(10)18-12/h4-6,9,17H,1-3,8H2. The molecule has 0 saturated carbocycles. The topological polar surface area (TPSA) is 48.7 Å². The third-order valence-corrected chi connectivity index (χ3v) is 4.43. The van der Waals surface area contributed by atoms with Gasteiger partial charge in [0.25, 0.3) is 0 Å². The third kappa shape index (κ3) is 2.09. The van der Waals surface area contributed by atoms with E-state index in [2.05, 4.69) is 22.4 Å². The summed E-state index contributed by atoms with van der Waals surface area (Å²) in [5.41, 5.74) is 2.98. The van der Waals surface area contributed by atoms with E-state index in [1.807, 2.05) is 11.3 Å². The maximum atomic E-state index is 9.00. The number of nitrogens with one attached hydrogen (secondary N) is 1. The summed E-state index contributed by atoms with van der Waals surface area (Å²) in [6.45, 7) is 0.776. The Balaban J connectivity index is 1.72. The molecule has 3 nitrogen and oxygen atoms in total. The minimum absolute atomic E-state index is 0.647. The van der Waals surface area contributed by atoms with E-state index in [9.17, 15) is 0 Å². The van der Waals surface area contributed by atoms with Gasteiger partial charge in [0.15, 0.2) is 0 Å². The molecule has 18 heavy (non-hydrogen) atoms. The first-order valence-electron chi connectivity index (χ1n) is 6.05. The second-order valence-corrected chi connectivity index (χ2v) is 5.62. The number of thiophene rings is 1. The molecule has 90 valence electrons. The Morgan fingerprint density at radius 2 is 2.39 bits per heavy atom. The summed E-state index contributed by atoms with van der Waals surface area (Å²) in [6.07, 6.45) is 7.11. The molecule has 0 unspecified atom stereocenters. The summed E-state index contributed by atoms with van der Waals surface area (Å²) in [6, 6.07) is 6.20. The van der Waals surface area contributed by atoms with Crippen molar-refractivity contribution in [2.45, 2.75) is 25.8 Å². The van der Waals surface area contributed by atoms with Crippen LogP contribution in [0.3, 0.4) is 0 Å². The number of hydrogen-bond acceptors (Lipinski definition) is 4. The summed E-state index contributed by atoms with van der Waals surface area (Å²) < 4.78 is 0. The van der Waals surface area contributed by atoms with Gasteiger partial charge in [-0.15, -0.1) is 11.3 Å². The van der Waals surface area contributed by atoms with E-state index in [1.165, 1.54) is 29.7 Å². The van der Waals surface area contributed by atoms with Gasteiger partial charge in [0, 0.05) is 22.5 Å². The zero-order valence-electron chi connectivity index (χ0n) is 9.94. The predicted molar refractivity (Wildman–Crippen MR) is 72.6 cm³/mol. The Morgan fingerprint density at radius 3 is 3.22 bits per heavy atom. The summed E-state index contributed by atoms with van der Waals surface area (Å²) >= 11 is 1.89. The molecule has 1 N–H and O–H groups in total. The number of rotatable bonds is 3. The molecule has 0 aromatic carbocycles. The second-order valence-electron chi connectivity index (χ2n) is 4.40. The zero-order chi connectivity index (χ0) is 12.4. The summed E-state index contributed by atoms with van der Waals surface area (Å²) in [5.74, 6) is 0. The highest BCUT2D eigenvalue weighted by atomic mass is 32.1. The Kier molecular flexibility index (Phi) is 2.99. The minimum Gasteiger partial charge on any atom is -0.378 e. The Labute approximate surface area is 110 Å². The lowest BCUT2D eigenvalue weighted by molar-refractivity contribution is 0.913. The van der Waals surface area contributed by atoms with Crippen LogP contribution in [0.25, 0.3) is 0 Å². The average Bonchev–Trinajstić information content (AvgIpc) is 2.97. The number of nitriles is 1. The lowest BCUT2D eigenvalue weighted by Gasteiger charge is -2.05. The van der Waals surface area contributed by atoms with Gasteiger partial charge in [-0.1, -0.05) is 0 Å². The average molecular weight is 255 g/mol. The maximum absolute atomic E-state index is 9.00. The van der Waals surface area contributed by atoms with Crippen LogP contribution in [0.4, 0.5) is 5.69 Å². The van der Waals surface area contributed by atoms with Gasteiger partial charge < -0.3 is 5.32 Å². The van der Waals surface area contributed by atoms with Crippen molar-refractivity contribution < 1.29 is 0 Å². The van der Waals surface area contributed by atoms with Crippen molar-refractivity contribution >= 4 is 17.0 Å². The number of anilines is 1. The summed E-state index contributed by atoms with van der Waals surface area (Å²) in [4.78, 5) is 6.93. The van der Waals surface area contributed by atoms with E-state index in [-0.39, 0.29) is 0 Å². The maximum Gasteiger partial charge on any atom is 0.101 e. The van der Waals surface area contributed by atoms with E-state index in [1.54, 1.807) is 23.3 Å². The molecule has 4 heteroatoms. The molecular weight excluding hydrogens is 242 g/mol. The van der Waals surface area contributed by atoms with Gasteiger partial charge in [-0.25, -0.2) is 0 Å². The first-order valence-corrected chi connectivity index (χ1v) is 6.87. The fraction of sp³-hybridized carbons (Fsp3) is 0.286. The molecule has 0 bridgehead atoms. The van der Waals surface area contributed by atoms with Crippen molar-refractivity contribution in [3.8, 4) is 6.07 Å². The van der Waals surface area contributed by atoms with Gasteiger partial charge in [0.2, 0.25) is 0 Å². The van der Waals surface area contributed by atoms with Gasteiger partial charge >= 0.3 is 0 Å². The quantitative estimate of drug-likeness (QED) is 0.916. The summed E-state index contributed by atoms with van der Waals surface area (Å²) in [5, 5.41) is 12.3. The van der Waals surface area contributed by atoms with E-state index in [0.717, 1.165) is 12.2 Å². The van der Waals surface area contributed by atoms with Crippen LogP contribution in [-0.4, -0.2) is 4.98 Å². The molecule has 0 amide bonds. The number of pyridine rings is 1. The number of hydrogen-bond donors (Lipinski definition) is 1. The summed E-state index contributed by atoms with van der Waals surface area (Å²) in [7, 11) is 0. The molecule has 0 saturated heterocycles. The molecule has 0 atom stereocenters. The monoisotopic (exact) mass is 255 g/mol. The Morgan fingerprint density at radius 1 is 1.44 bits per heavy atom. The largest absolute Gasteiger partial charge is 0.378 e. The van der Waals surface area contributed by atoms with Gasteiger partial charge in [-0.3, -0.25) is 4.98 Å². The molecule has 3 rings (SSSR count). The fourth-order valence-corrected chi connectivity index (χ4v) is 3.49. The first-order chi connectivity index (χ1) is 8.86. The number of aryl methyl sites for hydroxylation is 2. The van der Waals surface area contributed by atoms with Gasteiger partial charge in [0.05, 0.1) is 17.4 Å². The number of aromatic nitrogens is 1. The van der Waals surface area contributed by atoms with Crippen LogP contribution in [0.1, 0.15) is 27.3 Å². The van der Waals surface area contributed by atoms with Crippen LogP contribution >= 0.6 is 11.3 Å². The van der Waals surface area contributed by atoms with Gasteiger partial charge in [-0.05, 0) is 37.0 Å². The van der Waals surface area contributed by atoms with Crippen LogP contribution in [0.15, 0.2) is 24.5 Å².